The maximum atomic E-state index is 11.1. The Morgan fingerprint density at radius 1 is 1.31 bits per heavy atom. The maximum absolute atomic E-state index is 11.1. The van der Waals surface area contributed by atoms with Crippen LogP contribution in [0.4, 0.5) is 15.3 Å². The number of nitrogens with zero attached hydrogens (tertiary/aromatic N) is 1. The number of hydrogen-bond donors (Lipinski definition) is 1. The van der Waals surface area contributed by atoms with Crippen molar-refractivity contribution in [3.05, 3.63) is 30.3 Å². The highest BCUT2D eigenvalue weighted by molar-refractivity contribution is 5.90. The van der Waals surface area contributed by atoms with E-state index in [9.17, 15) is 9.59 Å². The molecule has 0 spiro atoms. The maximum Gasteiger partial charge on any atom is 0.533 e. The van der Waals surface area contributed by atoms with Crippen LogP contribution in [0.3, 0.4) is 0 Å². The molecule has 0 aliphatic heterocycles. The molecular formula is C10H12N2O4. The zero-order chi connectivity index (χ0) is 12.0. The molecule has 0 saturated heterocycles. The van der Waals surface area contributed by atoms with Crippen LogP contribution in [0.1, 0.15) is 6.92 Å². The van der Waals surface area contributed by atoms with Crippen molar-refractivity contribution in [1.29, 1.82) is 0 Å². The second-order valence-corrected chi connectivity index (χ2v) is 2.74. The van der Waals surface area contributed by atoms with Crippen LogP contribution in [0.5, 0.6) is 0 Å². The van der Waals surface area contributed by atoms with E-state index in [1.54, 1.807) is 37.3 Å². The first kappa shape index (κ1) is 11.8. The fourth-order valence-electron chi connectivity index (χ4n) is 1.01. The fraction of sp³-hybridized carbons (Fsp3) is 0.200. The van der Waals surface area contributed by atoms with Crippen molar-refractivity contribution in [1.82, 2.24) is 0 Å². The molecule has 0 atom stereocenters. The molecule has 6 nitrogen and oxygen atoms in total. The normalized spacial score (nSPS) is 9.31. The van der Waals surface area contributed by atoms with Gasteiger partial charge < -0.3 is 10.5 Å². The summed E-state index contributed by atoms with van der Waals surface area (Å²) < 4.78 is 4.53. The van der Waals surface area contributed by atoms with Gasteiger partial charge in [0.1, 0.15) is 0 Å². The largest absolute Gasteiger partial charge is 0.533 e. The smallest absolute Gasteiger partial charge is 0.433 e. The zero-order valence-electron chi connectivity index (χ0n) is 8.75. The predicted octanol–water partition coefficient (Wildman–Crippen LogP) is 1.66. The molecule has 1 rings (SSSR count). The second kappa shape index (κ2) is 5.59. The molecule has 0 radical (unpaired) electrons. The minimum Gasteiger partial charge on any atom is -0.433 e. The van der Waals surface area contributed by atoms with Crippen molar-refractivity contribution in [3.8, 4) is 0 Å². The molecule has 0 heterocycles. The minimum absolute atomic E-state index is 0.153. The lowest BCUT2D eigenvalue weighted by Gasteiger charge is -2.17. The summed E-state index contributed by atoms with van der Waals surface area (Å²) in [6, 6.07) is 7.36. The fourth-order valence-corrected chi connectivity index (χ4v) is 1.01. The molecule has 0 unspecified atom stereocenters. The van der Waals surface area contributed by atoms with E-state index in [1.165, 1.54) is 0 Å². The minimum atomic E-state index is -0.981. The Hall–Kier alpha value is -2.24. The molecule has 0 aliphatic carbocycles. The number of hydrogen-bond acceptors (Lipinski definition) is 4. The molecular weight excluding hydrogens is 212 g/mol. The molecule has 0 aromatic heterocycles. The van der Waals surface area contributed by atoms with Crippen molar-refractivity contribution in [2.24, 2.45) is 5.73 Å². The first-order chi connectivity index (χ1) is 7.65. The predicted molar refractivity (Wildman–Crippen MR) is 56.6 cm³/mol. The van der Waals surface area contributed by atoms with Crippen LogP contribution in [0.15, 0.2) is 30.3 Å². The standard InChI is InChI=1S/C10H12N2O4/c1-2-15-10(14)16-12(9(11)13)8-6-4-3-5-7-8/h3-7H,2H2,1H3,(H2,11,13). The highest BCUT2D eigenvalue weighted by Gasteiger charge is 2.18. The van der Waals surface area contributed by atoms with Crippen molar-refractivity contribution < 1.29 is 19.2 Å². The lowest BCUT2D eigenvalue weighted by Crippen LogP contribution is -2.37. The number of primary amides is 1. The van der Waals surface area contributed by atoms with Crippen LogP contribution in [0.25, 0.3) is 0 Å². The van der Waals surface area contributed by atoms with Crippen molar-refractivity contribution in [2.75, 3.05) is 11.7 Å². The zero-order valence-corrected chi connectivity index (χ0v) is 8.75. The van der Waals surface area contributed by atoms with Crippen LogP contribution in [0.2, 0.25) is 0 Å². The third kappa shape index (κ3) is 3.16. The first-order valence-corrected chi connectivity index (χ1v) is 4.64. The third-order valence-electron chi connectivity index (χ3n) is 1.62. The molecule has 86 valence electrons. The van der Waals surface area contributed by atoms with Crippen LogP contribution >= 0.6 is 0 Å². The second-order valence-electron chi connectivity index (χ2n) is 2.74. The number of carbonyl (C=O) groups excluding carboxylic acids is 2. The Morgan fingerprint density at radius 2 is 1.94 bits per heavy atom. The summed E-state index contributed by atoms with van der Waals surface area (Å²) in [7, 11) is 0. The Bertz CT molecular complexity index is 366. The van der Waals surface area contributed by atoms with Gasteiger partial charge in [0.2, 0.25) is 0 Å². The number of anilines is 1. The van der Waals surface area contributed by atoms with Crippen LogP contribution in [-0.4, -0.2) is 18.8 Å². The number of amides is 2. The van der Waals surface area contributed by atoms with Crippen LogP contribution in [-0.2, 0) is 9.57 Å². The number of urea groups is 1. The summed E-state index contributed by atoms with van der Waals surface area (Å²) in [6.45, 7) is 1.78. The number of hydroxylamine groups is 1. The summed E-state index contributed by atoms with van der Waals surface area (Å²) in [5, 5.41) is 0.665. The van der Waals surface area contributed by atoms with Crippen molar-refractivity contribution in [3.63, 3.8) is 0 Å². The number of carbonyl (C=O) groups is 2. The summed E-state index contributed by atoms with van der Waals surface area (Å²) in [6.07, 6.45) is -0.981. The van der Waals surface area contributed by atoms with E-state index in [2.05, 4.69) is 9.57 Å². The Kier molecular flexibility index (Phi) is 4.14. The lowest BCUT2D eigenvalue weighted by atomic mass is 10.3. The SMILES string of the molecule is CCOC(=O)ON(C(N)=O)c1ccccc1. The van der Waals surface area contributed by atoms with Gasteiger partial charge in [-0.15, -0.1) is 5.06 Å². The molecule has 0 bridgehead atoms. The number of benzene rings is 1. The highest BCUT2D eigenvalue weighted by Crippen LogP contribution is 2.13. The van der Waals surface area contributed by atoms with Gasteiger partial charge in [-0.3, -0.25) is 4.84 Å². The van der Waals surface area contributed by atoms with E-state index in [0.717, 1.165) is 0 Å². The van der Waals surface area contributed by atoms with Crippen molar-refractivity contribution in [2.45, 2.75) is 6.92 Å². The van der Waals surface area contributed by atoms with E-state index in [4.69, 9.17) is 5.73 Å². The summed E-state index contributed by atoms with van der Waals surface area (Å²) in [4.78, 5) is 26.7. The molecule has 1 aromatic rings. The van der Waals surface area contributed by atoms with Gasteiger partial charge in [-0.25, -0.2) is 9.59 Å². The molecule has 2 N–H and O–H groups in total. The Labute approximate surface area is 92.5 Å². The molecule has 2 amide bonds. The van der Waals surface area contributed by atoms with Gasteiger partial charge >= 0.3 is 12.2 Å². The van der Waals surface area contributed by atoms with Crippen LogP contribution < -0.4 is 10.8 Å². The average Bonchev–Trinajstić information content (AvgIpc) is 2.27. The monoisotopic (exact) mass is 224 g/mol. The van der Waals surface area contributed by atoms with Gasteiger partial charge in [-0.1, -0.05) is 18.2 Å². The molecule has 16 heavy (non-hydrogen) atoms. The van der Waals surface area contributed by atoms with Gasteiger partial charge in [0.05, 0.1) is 12.3 Å². The van der Waals surface area contributed by atoms with E-state index >= 15 is 0 Å². The quantitative estimate of drug-likeness (QED) is 0.611. The topological polar surface area (TPSA) is 81.9 Å². The van der Waals surface area contributed by atoms with Gasteiger partial charge in [0.15, 0.2) is 0 Å². The Morgan fingerprint density at radius 3 is 2.44 bits per heavy atom. The number of nitrogens with two attached hydrogens (primary N) is 1. The Balaban J connectivity index is 2.77. The molecule has 0 saturated carbocycles. The van der Waals surface area contributed by atoms with Gasteiger partial charge in [0.25, 0.3) is 0 Å². The highest BCUT2D eigenvalue weighted by atomic mass is 16.8. The van der Waals surface area contributed by atoms with Gasteiger partial charge in [-0.05, 0) is 19.1 Å². The van der Waals surface area contributed by atoms with E-state index in [1.807, 2.05) is 0 Å². The van der Waals surface area contributed by atoms with Gasteiger partial charge in [-0.2, -0.15) is 0 Å². The first-order valence-electron chi connectivity index (χ1n) is 4.64. The number of para-hydroxylation sites is 1. The van der Waals surface area contributed by atoms with Gasteiger partial charge in [0, 0.05) is 0 Å². The van der Waals surface area contributed by atoms with Crippen molar-refractivity contribution >= 4 is 17.9 Å². The van der Waals surface area contributed by atoms with E-state index in [-0.39, 0.29) is 6.61 Å². The summed E-state index contributed by atoms with van der Waals surface area (Å²) in [5.41, 5.74) is 5.42. The van der Waals surface area contributed by atoms with E-state index in [0.29, 0.717) is 10.8 Å². The third-order valence-corrected chi connectivity index (χ3v) is 1.62. The number of rotatable bonds is 2. The lowest BCUT2D eigenvalue weighted by molar-refractivity contribution is 0.0561. The van der Waals surface area contributed by atoms with E-state index < -0.39 is 12.2 Å². The summed E-state index contributed by atoms with van der Waals surface area (Å²) >= 11 is 0. The molecule has 1 aromatic carbocycles. The summed E-state index contributed by atoms with van der Waals surface area (Å²) in [5.74, 6) is 0. The average molecular weight is 224 g/mol. The molecule has 6 heteroatoms. The van der Waals surface area contributed by atoms with Crippen LogP contribution in [0, 0.1) is 0 Å². The number of ether oxygens (including phenoxy) is 1. The molecule has 0 fully saturated rings. The molecule has 0 aliphatic rings.